The Bertz CT molecular complexity index is 389. The third kappa shape index (κ3) is 2.93. The smallest absolute Gasteiger partial charge is 0.164 e. The number of methoxy groups -OCH3 is 1. The van der Waals surface area contributed by atoms with Crippen LogP contribution in [0.3, 0.4) is 0 Å². The van der Waals surface area contributed by atoms with Gasteiger partial charge in [0.15, 0.2) is 11.5 Å². The summed E-state index contributed by atoms with van der Waals surface area (Å²) < 4.78 is 6.31. The van der Waals surface area contributed by atoms with Crippen LogP contribution < -0.4 is 10.1 Å². The van der Waals surface area contributed by atoms with Gasteiger partial charge in [-0.1, -0.05) is 15.9 Å². The molecule has 0 amide bonds. The number of phenols is 1. The summed E-state index contributed by atoms with van der Waals surface area (Å²) in [7, 11) is 1.60. The summed E-state index contributed by atoms with van der Waals surface area (Å²) >= 11 is 3.54. The van der Waals surface area contributed by atoms with Gasteiger partial charge >= 0.3 is 0 Å². The van der Waals surface area contributed by atoms with Crippen molar-refractivity contribution in [3.8, 4) is 11.5 Å². The molecule has 2 N–H and O–H groups in total. The minimum Gasteiger partial charge on any atom is -0.504 e. The largest absolute Gasteiger partial charge is 0.504 e. The molecule has 0 aliphatic carbocycles. The summed E-state index contributed by atoms with van der Waals surface area (Å²) in [5, 5.41) is 13.2. The van der Waals surface area contributed by atoms with Gasteiger partial charge in [0.25, 0.3) is 0 Å². The normalized spacial score (nSPS) is 20.2. The highest BCUT2D eigenvalue weighted by atomic mass is 79.9. The van der Waals surface area contributed by atoms with Crippen molar-refractivity contribution >= 4 is 15.9 Å². The Morgan fingerprint density at radius 2 is 2.35 bits per heavy atom. The van der Waals surface area contributed by atoms with E-state index in [4.69, 9.17) is 4.74 Å². The molecule has 1 unspecified atom stereocenters. The fourth-order valence-electron chi connectivity index (χ4n) is 2.40. The molecule has 1 aliphatic heterocycles. The molecular formula is C13H18BrNO2. The molecule has 94 valence electrons. The third-order valence-corrected chi connectivity index (χ3v) is 4.02. The summed E-state index contributed by atoms with van der Waals surface area (Å²) in [4.78, 5) is 0. The Kier molecular flexibility index (Phi) is 4.29. The number of ether oxygens (including phenoxy) is 1. The molecule has 4 heteroatoms. The zero-order valence-corrected chi connectivity index (χ0v) is 11.6. The zero-order valence-electron chi connectivity index (χ0n) is 10.0. The molecule has 1 heterocycles. The van der Waals surface area contributed by atoms with Crippen molar-refractivity contribution < 1.29 is 9.84 Å². The van der Waals surface area contributed by atoms with Crippen LogP contribution in [0, 0.1) is 5.92 Å². The van der Waals surface area contributed by atoms with Crippen molar-refractivity contribution in [3.05, 3.63) is 22.2 Å². The monoisotopic (exact) mass is 299 g/mol. The van der Waals surface area contributed by atoms with Gasteiger partial charge in [-0.15, -0.1) is 0 Å². The van der Waals surface area contributed by atoms with E-state index in [2.05, 4.69) is 21.2 Å². The van der Waals surface area contributed by atoms with Gasteiger partial charge in [-0.25, -0.2) is 0 Å². The predicted molar refractivity (Wildman–Crippen MR) is 71.7 cm³/mol. The Labute approximate surface area is 110 Å². The molecule has 1 aliphatic rings. The van der Waals surface area contributed by atoms with Crippen LogP contribution in [0.2, 0.25) is 0 Å². The number of halogens is 1. The highest BCUT2D eigenvalue weighted by Crippen LogP contribution is 2.37. The number of hydrogen-bond donors (Lipinski definition) is 2. The van der Waals surface area contributed by atoms with Gasteiger partial charge in [-0.05, 0) is 50.4 Å². The van der Waals surface area contributed by atoms with Crippen LogP contribution in [-0.4, -0.2) is 25.3 Å². The first kappa shape index (κ1) is 12.7. The molecule has 17 heavy (non-hydrogen) atoms. The second-order valence-electron chi connectivity index (χ2n) is 4.49. The number of benzene rings is 1. The second-order valence-corrected chi connectivity index (χ2v) is 5.35. The molecule has 1 aromatic rings. The summed E-state index contributed by atoms with van der Waals surface area (Å²) in [5.74, 6) is 1.44. The molecule has 1 aromatic carbocycles. The van der Waals surface area contributed by atoms with Gasteiger partial charge in [0.1, 0.15) is 0 Å². The fourth-order valence-corrected chi connectivity index (χ4v) is 2.87. The number of hydrogen-bond acceptors (Lipinski definition) is 3. The predicted octanol–water partition coefficient (Wildman–Crippen LogP) is 2.71. The molecule has 0 aromatic heterocycles. The maximum Gasteiger partial charge on any atom is 0.164 e. The van der Waals surface area contributed by atoms with Crippen LogP contribution in [0.25, 0.3) is 0 Å². The average molecular weight is 300 g/mol. The van der Waals surface area contributed by atoms with E-state index in [0.717, 1.165) is 29.5 Å². The number of aromatic hydroxyl groups is 1. The Morgan fingerprint density at radius 3 is 3.00 bits per heavy atom. The first-order valence-electron chi connectivity index (χ1n) is 5.97. The quantitative estimate of drug-likeness (QED) is 0.902. The molecular weight excluding hydrogens is 282 g/mol. The Morgan fingerprint density at radius 1 is 1.53 bits per heavy atom. The van der Waals surface area contributed by atoms with E-state index in [0.29, 0.717) is 11.7 Å². The highest BCUT2D eigenvalue weighted by Gasteiger charge is 2.19. The lowest BCUT2D eigenvalue weighted by molar-refractivity contribution is 0.349. The maximum atomic E-state index is 9.78. The van der Waals surface area contributed by atoms with E-state index in [-0.39, 0.29) is 5.75 Å². The van der Waals surface area contributed by atoms with Gasteiger partial charge in [-0.2, -0.15) is 0 Å². The molecule has 1 atom stereocenters. The average Bonchev–Trinajstić information content (AvgIpc) is 2.35. The van der Waals surface area contributed by atoms with Crippen molar-refractivity contribution in [1.82, 2.24) is 5.32 Å². The molecule has 0 spiro atoms. The molecule has 1 saturated heterocycles. The lowest BCUT2D eigenvalue weighted by atomic mass is 9.92. The molecule has 0 saturated carbocycles. The SMILES string of the molecule is COc1c(O)ccc(Br)c1CC1CCCNC1. The second kappa shape index (κ2) is 5.74. The summed E-state index contributed by atoms with van der Waals surface area (Å²) in [6.45, 7) is 2.17. The Hall–Kier alpha value is -0.740. The standard InChI is InChI=1S/C13H18BrNO2/c1-17-13-10(11(14)4-5-12(13)16)7-9-3-2-6-15-8-9/h4-5,9,15-16H,2-3,6-8H2,1H3. The van der Waals surface area contributed by atoms with Crippen LogP contribution in [-0.2, 0) is 6.42 Å². The third-order valence-electron chi connectivity index (χ3n) is 3.28. The van der Waals surface area contributed by atoms with Crippen molar-refractivity contribution in [2.45, 2.75) is 19.3 Å². The number of piperidine rings is 1. The number of phenolic OH excluding ortho intramolecular Hbond substituents is 1. The zero-order chi connectivity index (χ0) is 12.3. The van der Waals surface area contributed by atoms with Crippen LogP contribution >= 0.6 is 15.9 Å². The van der Waals surface area contributed by atoms with Crippen molar-refractivity contribution in [1.29, 1.82) is 0 Å². The van der Waals surface area contributed by atoms with Gasteiger partial charge in [0.05, 0.1) is 7.11 Å². The number of rotatable bonds is 3. The van der Waals surface area contributed by atoms with Crippen molar-refractivity contribution in [3.63, 3.8) is 0 Å². The lowest BCUT2D eigenvalue weighted by Gasteiger charge is -2.24. The highest BCUT2D eigenvalue weighted by molar-refractivity contribution is 9.10. The van der Waals surface area contributed by atoms with E-state index >= 15 is 0 Å². The van der Waals surface area contributed by atoms with E-state index < -0.39 is 0 Å². The van der Waals surface area contributed by atoms with Gasteiger partial charge < -0.3 is 15.2 Å². The Balaban J connectivity index is 2.21. The summed E-state index contributed by atoms with van der Waals surface area (Å²) in [5.41, 5.74) is 1.07. The van der Waals surface area contributed by atoms with E-state index in [1.807, 2.05) is 6.07 Å². The van der Waals surface area contributed by atoms with Gasteiger partial charge in [-0.3, -0.25) is 0 Å². The summed E-state index contributed by atoms with van der Waals surface area (Å²) in [6.07, 6.45) is 3.40. The first-order chi connectivity index (χ1) is 8.22. The van der Waals surface area contributed by atoms with E-state index in [1.54, 1.807) is 13.2 Å². The van der Waals surface area contributed by atoms with Crippen LogP contribution in [0.5, 0.6) is 11.5 Å². The minimum atomic E-state index is 0.217. The molecule has 0 bridgehead atoms. The molecule has 2 rings (SSSR count). The fraction of sp³-hybridized carbons (Fsp3) is 0.538. The van der Waals surface area contributed by atoms with Gasteiger partial charge in [0, 0.05) is 10.0 Å². The minimum absolute atomic E-state index is 0.217. The van der Waals surface area contributed by atoms with Crippen LogP contribution in [0.1, 0.15) is 18.4 Å². The van der Waals surface area contributed by atoms with Crippen LogP contribution in [0.15, 0.2) is 16.6 Å². The molecule has 1 fully saturated rings. The molecule has 3 nitrogen and oxygen atoms in total. The van der Waals surface area contributed by atoms with E-state index in [9.17, 15) is 5.11 Å². The van der Waals surface area contributed by atoms with Crippen LogP contribution in [0.4, 0.5) is 0 Å². The van der Waals surface area contributed by atoms with Crippen molar-refractivity contribution in [2.24, 2.45) is 5.92 Å². The van der Waals surface area contributed by atoms with Gasteiger partial charge in [0.2, 0.25) is 0 Å². The summed E-state index contributed by atoms with van der Waals surface area (Å²) in [6, 6.07) is 3.54. The van der Waals surface area contributed by atoms with E-state index in [1.165, 1.54) is 12.8 Å². The first-order valence-corrected chi connectivity index (χ1v) is 6.76. The topological polar surface area (TPSA) is 41.5 Å². The van der Waals surface area contributed by atoms with Crippen molar-refractivity contribution in [2.75, 3.05) is 20.2 Å². The molecule has 0 radical (unpaired) electrons. The maximum absolute atomic E-state index is 9.78. The lowest BCUT2D eigenvalue weighted by Crippen LogP contribution is -2.31. The number of nitrogens with one attached hydrogen (secondary N) is 1.